The van der Waals surface area contributed by atoms with Crippen molar-refractivity contribution in [2.45, 2.75) is 91.9 Å². The van der Waals surface area contributed by atoms with Gasteiger partial charge in [-0.25, -0.2) is 15.0 Å². The molecule has 1 fully saturated rings. The molecule has 0 aliphatic heterocycles. The third-order valence-electron chi connectivity index (χ3n) is 6.27. The number of rotatable bonds is 10. The molecule has 1 aliphatic carbocycles. The van der Waals surface area contributed by atoms with Crippen LogP contribution in [0.15, 0.2) is 47.6 Å². The van der Waals surface area contributed by atoms with Crippen molar-refractivity contribution in [3.05, 3.63) is 53.7 Å². The number of hydrogen-bond acceptors (Lipinski definition) is 3. The van der Waals surface area contributed by atoms with Gasteiger partial charge in [0.1, 0.15) is 0 Å². The highest BCUT2D eigenvalue weighted by Gasteiger charge is 2.15. The molecule has 4 nitrogen and oxygen atoms in total. The lowest BCUT2D eigenvalue weighted by Crippen LogP contribution is -2.16. The first-order valence-corrected chi connectivity index (χ1v) is 17.9. The minimum absolute atomic E-state index is 0.159. The quantitative estimate of drug-likeness (QED) is 0.178. The average molecular weight is 543 g/mol. The van der Waals surface area contributed by atoms with Gasteiger partial charge in [0, 0.05) is 17.3 Å². The first kappa shape index (κ1) is 36.0. The van der Waals surface area contributed by atoms with Gasteiger partial charge in [-0.05, 0) is 100 Å². The second kappa shape index (κ2) is 21.9. The van der Waals surface area contributed by atoms with Gasteiger partial charge in [-0.3, -0.25) is 10.4 Å². The Bertz CT molecular complexity index is 848. The predicted molar refractivity (Wildman–Crippen MR) is 177 cm³/mol. The first-order valence-electron chi connectivity index (χ1n) is 14.8. The fourth-order valence-corrected chi connectivity index (χ4v) is 5.31. The zero-order chi connectivity index (χ0) is 28.8. The van der Waals surface area contributed by atoms with Crippen molar-refractivity contribution >= 4 is 22.6 Å². The molecule has 0 spiro atoms. The molecule has 5 heteroatoms. The normalized spacial score (nSPS) is 13.5. The average Bonchev–Trinajstić information content (AvgIpc) is 2.97. The van der Waals surface area contributed by atoms with Crippen LogP contribution in [0.5, 0.6) is 0 Å². The zero-order valence-corrected chi connectivity index (χ0v) is 26.7. The highest BCUT2D eigenvalue weighted by Crippen LogP contribution is 2.35. The number of nitrogens with one attached hydrogen (secondary N) is 2. The second-order valence-electron chi connectivity index (χ2n) is 10.1. The number of benzene rings is 1. The van der Waals surface area contributed by atoms with Crippen molar-refractivity contribution < 1.29 is 0 Å². The number of nitrogens with zero attached hydrogens (tertiary/aromatic N) is 2. The Morgan fingerprint density at radius 2 is 1.58 bits per heavy atom. The molecule has 1 aromatic heterocycles. The van der Waals surface area contributed by atoms with Crippen LogP contribution in [0.4, 0.5) is 0 Å². The minimum Gasteiger partial charge on any atom is -0.317 e. The Kier molecular flexibility index (Phi) is 20.8. The van der Waals surface area contributed by atoms with Crippen LogP contribution < -0.4 is 5.32 Å². The van der Waals surface area contributed by atoms with Gasteiger partial charge in [0.2, 0.25) is 0 Å². The van der Waals surface area contributed by atoms with Gasteiger partial charge < -0.3 is 5.32 Å². The molecule has 0 bridgehead atoms. The van der Waals surface area contributed by atoms with Gasteiger partial charge in [0.15, 0.2) is 5.84 Å². The van der Waals surface area contributed by atoms with Crippen molar-refractivity contribution in [1.29, 1.82) is 5.41 Å². The summed E-state index contributed by atoms with van der Waals surface area (Å²) in [6, 6.07) is 12.6. The summed E-state index contributed by atoms with van der Waals surface area (Å²) < 4.78 is 0. The van der Waals surface area contributed by atoms with Crippen molar-refractivity contribution in [3.8, 4) is 11.3 Å². The van der Waals surface area contributed by atoms with Crippen LogP contribution in [-0.4, -0.2) is 55.1 Å². The monoisotopic (exact) mass is 542 g/mol. The maximum absolute atomic E-state index is 7.63. The van der Waals surface area contributed by atoms with Gasteiger partial charge >= 0.3 is 0 Å². The summed E-state index contributed by atoms with van der Waals surface area (Å²) >= 11 is 0. The third kappa shape index (κ3) is 15.4. The van der Waals surface area contributed by atoms with Crippen LogP contribution in [-0.2, 0) is 0 Å². The molecule has 0 radical (unpaired) electrons. The van der Waals surface area contributed by atoms with Crippen LogP contribution in [0.3, 0.4) is 0 Å². The molecule has 1 heterocycles. The van der Waals surface area contributed by atoms with Crippen molar-refractivity contribution in [1.82, 2.24) is 10.3 Å². The molecular formula is C33H58N4S. The standard InChI is InChI=1S/C19H21N3.C10H25NS.2C2H6/c1-21-19(20)17-11-12-18(22-13-17)16-9-7-15(8-10-16)14-5-3-2-4-6-14;1-5-8-11-9-6-7-10-12(2,3)4;2*1-2/h7-14,20H,1-6H2;11H,5-10H2,1-4H3;2*1-2H3. The van der Waals surface area contributed by atoms with Crippen LogP contribution in [0.2, 0.25) is 0 Å². The van der Waals surface area contributed by atoms with E-state index in [0.717, 1.165) is 17.2 Å². The number of hydrogen-bond donors (Lipinski definition) is 2. The molecule has 2 aromatic rings. The van der Waals surface area contributed by atoms with E-state index in [0.29, 0.717) is 5.56 Å². The highest BCUT2D eigenvalue weighted by atomic mass is 32.3. The lowest BCUT2D eigenvalue weighted by molar-refractivity contribution is 0.443. The molecule has 0 amide bonds. The number of amidine groups is 1. The summed E-state index contributed by atoms with van der Waals surface area (Å²) in [5, 5.41) is 11.1. The van der Waals surface area contributed by atoms with Crippen molar-refractivity contribution in [2.24, 2.45) is 4.99 Å². The summed E-state index contributed by atoms with van der Waals surface area (Å²) in [4.78, 5) is 8.05. The highest BCUT2D eigenvalue weighted by molar-refractivity contribution is 8.32. The van der Waals surface area contributed by atoms with Crippen LogP contribution >= 0.6 is 10.0 Å². The van der Waals surface area contributed by atoms with Gasteiger partial charge in [-0.1, -0.05) is 78.1 Å². The Morgan fingerprint density at radius 3 is 2.08 bits per heavy atom. The minimum atomic E-state index is -0.245. The van der Waals surface area contributed by atoms with Gasteiger partial charge in [0.05, 0.1) is 5.69 Å². The lowest BCUT2D eigenvalue weighted by Gasteiger charge is -2.24. The molecule has 1 saturated carbocycles. The fraction of sp³-hybridized carbons (Fsp3) is 0.606. The van der Waals surface area contributed by atoms with Gasteiger partial charge in [-0.2, -0.15) is 0 Å². The molecule has 0 atom stereocenters. The van der Waals surface area contributed by atoms with E-state index in [1.165, 1.54) is 75.8 Å². The van der Waals surface area contributed by atoms with E-state index in [-0.39, 0.29) is 15.9 Å². The smallest absolute Gasteiger partial charge is 0.152 e. The Morgan fingerprint density at radius 1 is 0.947 bits per heavy atom. The Hall–Kier alpha value is -1.98. The molecule has 0 unspecified atom stereocenters. The summed E-state index contributed by atoms with van der Waals surface area (Å²) in [7, 11) is -0.245. The number of aliphatic imine (C=N–C) groups is 1. The van der Waals surface area contributed by atoms with Crippen LogP contribution in [0, 0.1) is 5.41 Å². The van der Waals surface area contributed by atoms with E-state index in [9.17, 15) is 0 Å². The van der Waals surface area contributed by atoms with Crippen LogP contribution in [0.25, 0.3) is 11.3 Å². The van der Waals surface area contributed by atoms with E-state index < -0.39 is 0 Å². The summed E-state index contributed by atoms with van der Waals surface area (Å²) in [6.45, 7) is 16.0. The SMILES string of the molecule is C=NC(=N)c1ccc(-c2ccc(C3CCCCC3)cc2)nc1.CC.CC.CCCNCCCCS(C)(C)C. The number of aromatic nitrogens is 1. The van der Waals surface area contributed by atoms with E-state index in [4.69, 9.17) is 5.41 Å². The topological polar surface area (TPSA) is 61.1 Å². The van der Waals surface area contributed by atoms with Gasteiger partial charge in [-0.15, -0.1) is 0 Å². The Balaban J connectivity index is 0.000000732. The van der Waals surface area contributed by atoms with E-state index in [2.05, 4.69) is 72.0 Å². The molecule has 3 rings (SSSR count). The van der Waals surface area contributed by atoms with Gasteiger partial charge in [0.25, 0.3) is 0 Å². The maximum atomic E-state index is 7.63. The zero-order valence-electron chi connectivity index (χ0n) is 25.9. The third-order valence-corrected chi connectivity index (χ3v) is 7.78. The largest absolute Gasteiger partial charge is 0.317 e. The maximum Gasteiger partial charge on any atom is 0.152 e. The Labute approximate surface area is 237 Å². The van der Waals surface area contributed by atoms with E-state index >= 15 is 0 Å². The molecule has 1 aromatic carbocycles. The number of pyridine rings is 1. The molecule has 38 heavy (non-hydrogen) atoms. The molecule has 0 saturated heterocycles. The molecular weight excluding hydrogens is 484 g/mol. The van der Waals surface area contributed by atoms with Crippen molar-refractivity contribution in [3.63, 3.8) is 0 Å². The summed E-state index contributed by atoms with van der Waals surface area (Å²) in [5.41, 5.74) is 4.19. The molecule has 216 valence electrons. The predicted octanol–water partition coefficient (Wildman–Crippen LogP) is 9.33. The fourth-order valence-electron chi connectivity index (χ4n) is 4.24. The van der Waals surface area contributed by atoms with Crippen LogP contribution in [0.1, 0.15) is 103 Å². The van der Waals surface area contributed by atoms with E-state index in [1.807, 2.05) is 39.8 Å². The van der Waals surface area contributed by atoms with Crippen molar-refractivity contribution in [2.75, 3.05) is 37.6 Å². The molecule has 2 N–H and O–H groups in total. The summed E-state index contributed by atoms with van der Waals surface area (Å²) in [5.74, 6) is 2.32. The lowest BCUT2D eigenvalue weighted by atomic mass is 9.84. The van der Waals surface area contributed by atoms with E-state index in [1.54, 1.807) is 6.20 Å². The first-order chi connectivity index (χ1) is 18.3. The second-order valence-corrected chi connectivity index (χ2v) is 14.7. The number of unbranched alkanes of at least 4 members (excludes halogenated alkanes) is 1. The molecule has 1 aliphatic rings. The summed E-state index contributed by atoms with van der Waals surface area (Å²) in [6.07, 6.45) is 19.6.